The summed E-state index contributed by atoms with van der Waals surface area (Å²) in [5.74, 6) is 1.51. The number of aromatic nitrogens is 4. The smallest absolute Gasteiger partial charge is 0.255 e. The number of para-hydroxylation sites is 3. The van der Waals surface area contributed by atoms with Crippen LogP contribution in [-0.2, 0) is 10.5 Å². The number of benzene rings is 3. The third-order valence-electron chi connectivity index (χ3n) is 6.66. The Kier molecular flexibility index (Phi) is 6.76. The van der Waals surface area contributed by atoms with E-state index in [0.29, 0.717) is 44.6 Å². The number of hydrogen-bond acceptors (Lipinski definition) is 6. The maximum Gasteiger partial charge on any atom is 0.255 e. The van der Waals surface area contributed by atoms with E-state index in [-0.39, 0.29) is 5.91 Å². The summed E-state index contributed by atoms with van der Waals surface area (Å²) in [5.41, 5.74) is 4.71. The molecule has 0 bridgehead atoms. The number of carbonyl (C=O) groups excluding carboxylic acids is 1. The van der Waals surface area contributed by atoms with Crippen LogP contribution >= 0.6 is 23.4 Å². The molecule has 1 aliphatic heterocycles. The van der Waals surface area contributed by atoms with E-state index in [1.54, 1.807) is 11.8 Å². The second kappa shape index (κ2) is 10.5. The first-order valence-corrected chi connectivity index (χ1v) is 13.7. The van der Waals surface area contributed by atoms with Crippen LogP contribution in [0.15, 0.2) is 95.4 Å². The van der Waals surface area contributed by atoms with Crippen LogP contribution in [0.1, 0.15) is 24.1 Å². The summed E-state index contributed by atoms with van der Waals surface area (Å²) in [4.78, 5) is 22.0. The van der Waals surface area contributed by atoms with Gasteiger partial charge in [-0.2, -0.15) is 4.98 Å². The summed E-state index contributed by atoms with van der Waals surface area (Å²) >= 11 is 7.86. The molecule has 3 aromatic carbocycles. The van der Waals surface area contributed by atoms with Crippen molar-refractivity contribution < 1.29 is 9.53 Å². The van der Waals surface area contributed by atoms with E-state index >= 15 is 0 Å². The number of methoxy groups -OCH3 is 1. The van der Waals surface area contributed by atoms with Gasteiger partial charge in [-0.25, -0.2) is 4.68 Å². The molecule has 0 saturated carbocycles. The van der Waals surface area contributed by atoms with Crippen LogP contribution in [0.3, 0.4) is 0 Å². The number of thioether (sulfide) groups is 1. The van der Waals surface area contributed by atoms with Crippen LogP contribution in [-0.4, -0.2) is 32.8 Å². The molecule has 3 N–H and O–H groups in total. The van der Waals surface area contributed by atoms with Crippen LogP contribution < -0.4 is 15.4 Å². The number of anilines is 2. The summed E-state index contributed by atoms with van der Waals surface area (Å²) in [6.07, 6.45) is 1.94. The molecule has 1 aliphatic rings. The summed E-state index contributed by atoms with van der Waals surface area (Å²) < 4.78 is 7.24. The Bertz CT molecular complexity index is 1730. The van der Waals surface area contributed by atoms with E-state index in [4.69, 9.17) is 26.4 Å². The van der Waals surface area contributed by atoms with Gasteiger partial charge in [0.25, 0.3) is 5.91 Å². The lowest BCUT2D eigenvalue weighted by Crippen LogP contribution is -2.31. The van der Waals surface area contributed by atoms with E-state index in [2.05, 4.69) is 15.6 Å². The van der Waals surface area contributed by atoms with Gasteiger partial charge in [0.1, 0.15) is 11.8 Å². The molecule has 3 heterocycles. The van der Waals surface area contributed by atoms with Gasteiger partial charge in [-0.1, -0.05) is 71.9 Å². The van der Waals surface area contributed by atoms with Gasteiger partial charge in [-0.05, 0) is 36.8 Å². The minimum Gasteiger partial charge on any atom is -0.495 e. The van der Waals surface area contributed by atoms with E-state index < -0.39 is 6.04 Å². The van der Waals surface area contributed by atoms with Crippen LogP contribution in [0.25, 0.3) is 10.9 Å². The number of rotatable bonds is 7. The van der Waals surface area contributed by atoms with Crippen molar-refractivity contribution >= 4 is 51.8 Å². The molecule has 8 nitrogen and oxygen atoms in total. The van der Waals surface area contributed by atoms with Crippen molar-refractivity contribution in [1.82, 2.24) is 19.7 Å². The third-order valence-corrected chi connectivity index (χ3v) is 7.92. The minimum absolute atomic E-state index is 0.258. The molecule has 196 valence electrons. The first-order chi connectivity index (χ1) is 19.0. The number of fused-ring (bicyclic) bond motifs is 2. The van der Waals surface area contributed by atoms with Gasteiger partial charge in [0.15, 0.2) is 0 Å². The zero-order valence-electron chi connectivity index (χ0n) is 21.2. The van der Waals surface area contributed by atoms with Gasteiger partial charge in [0, 0.05) is 39.1 Å². The Morgan fingerprint density at radius 3 is 2.72 bits per heavy atom. The van der Waals surface area contributed by atoms with Gasteiger partial charge in [-0.3, -0.25) is 4.79 Å². The van der Waals surface area contributed by atoms with Gasteiger partial charge in [0.2, 0.25) is 11.1 Å². The van der Waals surface area contributed by atoms with Crippen molar-refractivity contribution in [3.8, 4) is 5.75 Å². The Hall–Kier alpha value is -4.21. The topological polar surface area (TPSA) is 96.9 Å². The summed E-state index contributed by atoms with van der Waals surface area (Å²) in [7, 11) is 1.58. The molecule has 0 saturated heterocycles. The molecular weight excluding hydrogens is 532 g/mol. The fraction of sp³-hybridized carbons (Fsp3) is 0.138. The molecule has 10 heteroatoms. The van der Waals surface area contributed by atoms with Gasteiger partial charge < -0.3 is 20.4 Å². The van der Waals surface area contributed by atoms with Crippen molar-refractivity contribution in [3.63, 3.8) is 0 Å². The molecule has 2 aromatic heterocycles. The third kappa shape index (κ3) is 4.75. The molecule has 0 radical (unpaired) electrons. The van der Waals surface area contributed by atoms with Crippen LogP contribution in [0, 0.1) is 0 Å². The maximum absolute atomic E-state index is 13.9. The summed E-state index contributed by atoms with van der Waals surface area (Å²) in [5, 5.41) is 13.5. The van der Waals surface area contributed by atoms with E-state index in [1.807, 2.05) is 85.9 Å². The molecule has 0 fully saturated rings. The number of ether oxygens (including phenoxy) is 1. The van der Waals surface area contributed by atoms with Gasteiger partial charge in [-0.15, -0.1) is 5.10 Å². The van der Waals surface area contributed by atoms with Crippen LogP contribution in [0.5, 0.6) is 5.75 Å². The SMILES string of the molecule is COc1ccccc1NC(=O)C1=C(C)Nc2nc(SCc3ccccc3Cl)nn2C1c1c[nH]c2ccccc12. The van der Waals surface area contributed by atoms with Crippen molar-refractivity contribution in [3.05, 3.63) is 106 Å². The highest BCUT2D eigenvalue weighted by atomic mass is 35.5. The number of nitrogens with one attached hydrogen (secondary N) is 3. The fourth-order valence-electron chi connectivity index (χ4n) is 4.79. The highest BCUT2D eigenvalue weighted by Crippen LogP contribution is 2.40. The van der Waals surface area contributed by atoms with E-state index in [9.17, 15) is 4.79 Å². The summed E-state index contributed by atoms with van der Waals surface area (Å²) in [6.45, 7) is 1.88. The van der Waals surface area contributed by atoms with Crippen molar-refractivity contribution in [1.29, 1.82) is 0 Å². The molecular formula is C29H25ClN6O2S. The second-order valence-corrected chi connectivity index (χ2v) is 10.4. The first kappa shape index (κ1) is 25.1. The molecule has 1 unspecified atom stereocenters. The first-order valence-electron chi connectivity index (χ1n) is 12.3. The number of H-pyrrole nitrogens is 1. The van der Waals surface area contributed by atoms with Crippen molar-refractivity contribution in [2.75, 3.05) is 17.7 Å². The van der Waals surface area contributed by atoms with Crippen LogP contribution in [0.2, 0.25) is 5.02 Å². The number of hydrogen-bond donors (Lipinski definition) is 3. The Labute approximate surface area is 234 Å². The van der Waals surface area contributed by atoms with Crippen molar-refractivity contribution in [2.45, 2.75) is 23.9 Å². The average Bonchev–Trinajstić information content (AvgIpc) is 3.56. The lowest BCUT2D eigenvalue weighted by Gasteiger charge is -2.28. The molecule has 0 aliphatic carbocycles. The monoisotopic (exact) mass is 556 g/mol. The fourth-order valence-corrected chi connectivity index (χ4v) is 5.90. The Balaban J connectivity index is 1.40. The second-order valence-electron chi connectivity index (χ2n) is 9.05. The molecule has 0 spiro atoms. The van der Waals surface area contributed by atoms with Gasteiger partial charge >= 0.3 is 0 Å². The van der Waals surface area contributed by atoms with Gasteiger partial charge in [0.05, 0.1) is 18.4 Å². The molecule has 1 amide bonds. The van der Waals surface area contributed by atoms with Crippen LogP contribution in [0.4, 0.5) is 11.6 Å². The number of amides is 1. The molecule has 39 heavy (non-hydrogen) atoms. The minimum atomic E-state index is -0.519. The number of aromatic amines is 1. The highest BCUT2D eigenvalue weighted by molar-refractivity contribution is 7.98. The lowest BCUT2D eigenvalue weighted by atomic mass is 9.94. The van der Waals surface area contributed by atoms with E-state index in [0.717, 1.165) is 22.0 Å². The standard InChI is InChI=1S/C29H25ClN6O2S/c1-17-25(27(37)33-23-13-7-8-14-24(23)38-2)26(20-15-31-22-12-6-4-10-19(20)22)36-28(32-17)34-29(35-36)39-16-18-9-3-5-11-21(18)30/h3-15,26,31H,16H2,1-2H3,(H,33,37)(H,32,34,35). The zero-order chi connectivity index (χ0) is 26.9. The predicted octanol–water partition coefficient (Wildman–Crippen LogP) is 6.64. The summed E-state index contributed by atoms with van der Waals surface area (Å²) in [6, 6.07) is 22.6. The maximum atomic E-state index is 13.9. The number of nitrogens with zero attached hydrogens (tertiary/aromatic N) is 3. The molecule has 5 aromatic rings. The predicted molar refractivity (Wildman–Crippen MR) is 155 cm³/mol. The highest BCUT2D eigenvalue weighted by Gasteiger charge is 2.36. The van der Waals surface area contributed by atoms with E-state index in [1.165, 1.54) is 11.8 Å². The molecule has 6 rings (SSSR count). The normalized spacial score (nSPS) is 14.7. The van der Waals surface area contributed by atoms with Crippen molar-refractivity contribution in [2.24, 2.45) is 0 Å². The average molecular weight is 557 g/mol. The number of allylic oxidation sites excluding steroid dienone is 1. The number of carbonyl (C=O) groups is 1. The molecule has 1 atom stereocenters. The quantitative estimate of drug-likeness (QED) is 0.194. The Morgan fingerprint density at radius 2 is 1.87 bits per heavy atom. The largest absolute Gasteiger partial charge is 0.495 e. The Morgan fingerprint density at radius 1 is 1.10 bits per heavy atom. The number of halogens is 1. The lowest BCUT2D eigenvalue weighted by molar-refractivity contribution is -0.113. The zero-order valence-corrected chi connectivity index (χ0v) is 22.8.